The third-order valence-corrected chi connectivity index (χ3v) is 11.8. The predicted molar refractivity (Wildman–Crippen MR) is 222 cm³/mol. The molecule has 0 aromatic heterocycles. The van der Waals surface area contributed by atoms with Crippen LogP contribution in [-0.4, -0.2) is 82.8 Å². The predicted octanol–water partition coefficient (Wildman–Crippen LogP) is 8.04. The Balaban J connectivity index is 0.000000236. The summed E-state index contributed by atoms with van der Waals surface area (Å²) in [7, 11) is 0. The van der Waals surface area contributed by atoms with Gasteiger partial charge in [-0.25, -0.2) is 0 Å². The normalized spacial score (nSPS) is 31.9. The molecular formula is C48H68O8. The number of aliphatic hydroxyl groups is 4. The zero-order valence-electron chi connectivity index (χ0n) is 33.3. The second-order valence-electron chi connectivity index (χ2n) is 16.0. The molecule has 2 aliphatic carbocycles. The second kappa shape index (κ2) is 24.1. The van der Waals surface area contributed by atoms with E-state index >= 15 is 0 Å². The lowest BCUT2D eigenvalue weighted by atomic mass is 9.89. The van der Waals surface area contributed by atoms with Gasteiger partial charge in [0.25, 0.3) is 0 Å². The summed E-state index contributed by atoms with van der Waals surface area (Å²) < 4.78 is 24.5. The molecule has 8 nitrogen and oxygen atoms in total. The molecule has 2 saturated carbocycles. The molecule has 6 rings (SSSR count). The highest BCUT2D eigenvalue weighted by molar-refractivity contribution is 5.16. The van der Waals surface area contributed by atoms with Gasteiger partial charge < -0.3 is 39.4 Å². The van der Waals surface area contributed by atoms with Crippen molar-refractivity contribution < 1.29 is 39.4 Å². The summed E-state index contributed by atoms with van der Waals surface area (Å²) >= 11 is 0. The number of hydrogen-bond donors (Lipinski definition) is 4. The van der Waals surface area contributed by atoms with E-state index in [2.05, 4.69) is 55.6 Å². The van der Waals surface area contributed by atoms with Gasteiger partial charge in [-0.2, -0.15) is 0 Å². The van der Waals surface area contributed by atoms with Crippen LogP contribution in [0.25, 0.3) is 0 Å². The number of hydrogen-bond acceptors (Lipinski definition) is 8. The molecule has 2 unspecified atom stereocenters. The van der Waals surface area contributed by atoms with Gasteiger partial charge in [0.05, 0.1) is 36.6 Å². The SMILES string of the molecule is C=CC[C@@H]1[C@@H](/C=C/[C@@H](O)CCc2ccccc2)[C@H](O)C[C@@H]1O.C=CC[C@@H]1[C@@H](/C=C/[C@H](CCc2ccccc2)OC2CCCCO2)[C@H](OC2CCCCO2)C[C@@H]1O. The monoisotopic (exact) mass is 772 g/mol. The lowest BCUT2D eigenvalue weighted by Crippen LogP contribution is -2.31. The van der Waals surface area contributed by atoms with Crippen LogP contribution in [-0.2, 0) is 31.8 Å². The van der Waals surface area contributed by atoms with E-state index < -0.39 is 24.4 Å². The second-order valence-corrected chi connectivity index (χ2v) is 16.0. The number of aryl methyl sites for hydroxylation is 2. The number of ether oxygens (including phenoxy) is 4. The van der Waals surface area contributed by atoms with Crippen molar-refractivity contribution in [2.24, 2.45) is 23.7 Å². The van der Waals surface area contributed by atoms with E-state index in [1.165, 1.54) is 11.1 Å². The first-order valence-corrected chi connectivity index (χ1v) is 21.3. The molecule has 4 aliphatic rings. The van der Waals surface area contributed by atoms with E-state index in [4.69, 9.17) is 18.9 Å². The van der Waals surface area contributed by atoms with E-state index in [-0.39, 0.29) is 48.5 Å². The molecule has 308 valence electrons. The average molecular weight is 773 g/mol. The first-order valence-electron chi connectivity index (χ1n) is 21.3. The third kappa shape index (κ3) is 14.2. The zero-order chi connectivity index (χ0) is 39.5. The molecule has 0 radical (unpaired) electrons. The Morgan fingerprint density at radius 1 is 0.661 bits per heavy atom. The standard InChI is InChI=1S/C29H42O5.C19H26O3/c1-2-10-24-25(27(21-26(24)30)34-29-14-7-9-20-32-29)18-17-23(33-28-13-6-8-19-31-28)16-15-22-11-4-3-5-12-22;1-2-6-16-17(19(22)13-18(16)21)12-11-15(20)10-9-14-7-4-3-5-8-14/h2-5,11-12,17-18,23-30H,1,6-10,13-16,19-21H2;2-5,7-8,11-12,15-22H,1,6,9-10,13H2/b18-17+;12-11+/t23-,24+,25+,26-,27+,28?,29?;15-,16+,17+,18-,19+/m00/s1. The van der Waals surface area contributed by atoms with Gasteiger partial charge in [-0.05, 0) is 100 Å². The Morgan fingerprint density at radius 2 is 1.21 bits per heavy atom. The molecule has 4 N–H and O–H groups in total. The lowest BCUT2D eigenvalue weighted by Gasteiger charge is -2.30. The molecule has 2 heterocycles. The third-order valence-electron chi connectivity index (χ3n) is 11.8. The van der Waals surface area contributed by atoms with E-state index in [9.17, 15) is 20.4 Å². The Hall–Kier alpha value is -2.92. The number of rotatable bonds is 18. The molecule has 56 heavy (non-hydrogen) atoms. The summed E-state index contributed by atoms with van der Waals surface area (Å²) in [5, 5.41) is 40.9. The van der Waals surface area contributed by atoms with Gasteiger partial charge >= 0.3 is 0 Å². The van der Waals surface area contributed by atoms with Crippen LogP contribution in [0.3, 0.4) is 0 Å². The fourth-order valence-corrected chi connectivity index (χ4v) is 8.67. The smallest absolute Gasteiger partial charge is 0.158 e. The van der Waals surface area contributed by atoms with E-state index in [0.717, 1.165) is 77.4 Å². The Bertz CT molecular complexity index is 1440. The van der Waals surface area contributed by atoms with Crippen LogP contribution < -0.4 is 0 Å². The minimum atomic E-state index is -0.544. The molecule has 0 bridgehead atoms. The highest BCUT2D eigenvalue weighted by Crippen LogP contribution is 2.40. The van der Waals surface area contributed by atoms with Crippen molar-refractivity contribution in [1.82, 2.24) is 0 Å². The first kappa shape index (κ1) is 44.2. The molecule has 2 aliphatic heterocycles. The summed E-state index contributed by atoms with van der Waals surface area (Å²) in [5.41, 5.74) is 2.52. The van der Waals surface area contributed by atoms with Crippen molar-refractivity contribution in [2.45, 2.75) is 139 Å². The van der Waals surface area contributed by atoms with Gasteiger partial charge in [-0.3, -0.25) is 0 Å². The van der Waals surface area contributed by atoms with Crippen LogP contribution in [0.15, 0.2) is 110 Å². The van der Waals surface area contributed by atoms with Gasteiger partial charge in [0, 0.05) is 37.9 Å². The summed E-state index contributed by atoms with van der Waals surface area (Å²) in [6.45, 7) is 9.17. The van der Waals surface area contributed by atoms with E-state index in [0.29, 0.717) is 25.7 Å². The minimum absolute atomic E-state index is 0.00919. The highest BCUT2D eigenvalue weighted by atomic mass is 16.7. The van der Waals surface area contributed by atoms with E-state index in [1.807, 2.05) is 42.5 Å². The minimum Gasteiger partial charge on any atom is -0.393 e. The maximum absolute atomic E-state index is 10.8. The number of benzene rings is 2. The summed E-state index contributed by atoms with van der Waals surface area (Å²) in [5.74, 6) is 0.0844. The topological polar surface area (TPSA) is 118 Å². The maximum atomic E-state index is 10.8. The van der Waals surface area contributed by atoms with Gasteiger partial charge in [-0.1, -0.05) is 97.1 Å². The van der Waals surface area contributed by atoms with Gasteiger partial charge in [0.2, 0.25) is 0 Å². The molecule has 4 fully saturated rings. The molecule has 8 heteroatoms. The maximum Gasteiger partial charge on any atom is 0.158 e. The van der Waals surface area contributed by atoms with Crippen LogP contribution in [0.2, 0.25) is 0 Å². The van der Waals surface area contributed by atoms with Gasteiger partial charge in [0.15, 0.2) is 12.6 Å². The van der Waals surface area contributed by atoms with Crippen molar-refractivity contribution >= 4 is 0 Å². The average Bonchev–Trinajstić information content (AvgIpc) is 3.67. The quantitative estimate of drug-likeness (QED) is 0.113. The fourth-order valence-electron chi connectivity index (χ4n) is 8.67. The Labute approximate surface area is 335 Å². The number of allylic oxidation sites excluding steroid dienone is 2. The van der Waals surface area contributed by atoms with Crippen LogP contribution >= 0.6 is 0 Å². The first-order chi connectivity index (χ1) is 27.3. The zero-order valence-corrected chi connectivity index (χ0v) is 33.3. The molecular weight excluding hydrogens is 705 g/mol. The van der Waals surface area contributed by atoms with Crippen molar-refractivity contribution in [1.29, 1.82) is 0 Å². The number of aliphatic hydroxyl groups excluding tert-OH is 4. The van der Waals surface area contributed by atoms with Gasteiger partial charge in [-0.15, -0.1) is 13.2 Å². The molecule has 2 aromatic rings. The van der Waals surface area contributed by atoms with Crippen molar-refractivity contribution in [3.05, 3.63) is 121 Å². The van der Waals surface area contributed by atoms with Crippen LogP contribution in [0, 0.1) is 23.7 Å². The van der Waals surface area contributed by atoms with Crippen molar-refractivity contribution in [3.63, 3.8) is 0 Å². The molecule has 0 spiro atoms. The van der Waals surface area contributed by atoms with Crippen LogP contribution in [0.1, 0.15) is 88.2 Å². The van der Waals surface area contributed by atoms with E-state index in [1.54, 1.807) is 12.2 Å². The summed E-state index contributed by atoms with van der Waals surface area (Å²) in [6, 6.07) is 20.6. The van der Waals surface area contributed by atoms with Crippen LogP contribution in [0.4, 0.5) is 0 Å². The lowest BCUT2D eigenvalue weighted by molar-refractivity contribution is -0.193. The Morgan fingerprint density at radius 3 is 1.80 bits per heavy atom. The highest BCUT2D eigenvalue weighted by Gasteiger charge is 2.43. The van der Waals surface area contributed by atoms with Gasteiger partial charge in [0.1, 0.15) is 0 Å². The Kier molecular flexibility index (Phi) is 19.0. The molecule has 2 saturated heterocycles. The van der Waals surface area contributed by atoms with Crippen molar-refractivity contribution in [3.8, 4) is 0 Å². The van der Waals surface area contributed by atoms with Crippen molar-refractivity contribution in [2.75, 3.05) is 13.2 Å². The van der Waals surface area contributed by atoms with Crippen LogP contribution in [0.5, 0.6) is 0 Å². The fraction of sp³-hybridized carbons (Fsp3) is 0.583. The summed E-state index contributed by atoms with van der Waals surface area (Å²) in [4.78, 5) is 0. The largest absolute Gasteiger partial charge is 0.393 e. The molecule has 12 atom stereocenters. The molecule has 2 aromatic carbocycles. The molecule has 0 amide bonds. The summed E-state index contributed by atoms with van der Waals surface area (Å²) in [6.07, 6.45) is 21.5.